The van der Waals surface area contributed by atoms with E-state index in [2.05, 4.69) is 0 Å². The minimum Gasteiger partial charge on any atom is -0.390 e. The van der Waals surface area contributed by atoms with Gasteiger partial charge in [0.1, 0.15) is 11.6 Å². The molecule has 0 radical (unpaired) electrons. The molecule has 0 aromatic heterocycles. The Morgan fingerprint density at radius 1 is 1.36 bits per heavy atom. The van der Waals surface area contributed by atoms with E-state index in [0.29, 0.717) is 0 Å². The lowest BCUT2D eigenvalue weighted by atomic mass is 10.0. The highest BCUT2D eigenvalue weighted by Gasteiger charge is 2.19. The van der Waals surface area contributed by atoms with Crippen LogP contribution in [-0.4, -0.2) is 17.8 Å². The molecule has 5 heteroatoms. The van der Waals surface area contributed by atoms with Gasteiger partial charge in [-0.05, 0) is 18.2 Å². The molecular weight excluding hydrogens is 190 g/mol. The summed E-state index contributed by atoms with van der Waals surface area (Å²) < 4.78 is 25.9. The fourth-order valence-corrected chi connectivity index (χ4v) is 1.12. The second kappa shape index (κ2) is 4.45. The number of rotatable bonds is 3. The van der Waals surface area contributed by atoms with Crippen LogP contribution in [0.15, 0.2) is 18.2 Å². The van der Waals surface area contributed by atoms with Gasteiger partial charge in [0, 0.05) is 12.1 Å². The first-order chi connectivity index (χ1) is 6.56. The Morgan fingerprint density at radius 2 is 2.00 bits per heavy atom. The molecular formula is C9H12F2N2O. The third-order valence-electron chi connectivity index (χ3n) is 1.97. The second-order valence-corrected chi connectivity index (χ2v) is 2.99. The van der Waals surface area contributed by atoms with Gasteiger partial charge in [-0.25, -0.2) is 8.78 Å². The third-order valence-corrected chi connectivity index (χ3v) is 1.97. The van der Waals surface area contributed by atoms with Crippen molar-refractivity contribution in [2.75, 3.05) is 6.54 Å². The van der Waals surface area contributed by atoms with Gasteiger partial charge in [-0.2, -0.15) is 0 Å². The van der Waals surface area contributed by atoms with Crippen molar-refractivity contribution >= 4 is 0 Å². The molecule has 2 atom stereocenters. The molecule has 0 amide bonds. The van der Waals surface area contributed by atoms with Crippen LogP contribution < -0.4 is 11.5 Å². The summed E-state index contributed by atoms with van der Waals surface area (Å²) in [6.07, 6.45) is -1.08. The van der Waals surface area contributed by atoms with Crippen molar-refractivity contribution in [1.82, 2.24) is 0 Å². The largest absolute Gasteiger partial charge is 0.390 e. The van der Waals surface area contributed by atoms with Crippen molar-refractivity contribution in [3.8, 4) is 0 Å². The summed E-state index contributed by atoms with van der Waals surface area (Å²) in [6, 6.07) is 1.91. The maximum Gasteiger partial charge on any atom is 0.128 e. The van der Waals surface area contributed by atoms with Gasteiger partial charge < -0.3 is 16.6 Å². The molecule has 0 aliphatic heterocycles. The quantitative estimate of drug-likeness (QED) is 0.659. The monoisotopic (exact) mass is 202 g/mol. The summed E-state index contributed by atoms with van der Waals surface area (Å²) >= 11 is 0. The average molecular weight is 202 g/mol. The predicted octanol–water partition coefficient (Wildman–Crippen LogP) is 0.284. The Hall–Kier alpha value is -1.04. The van der Waals surface area contributed by atoms with Crippen molar-refractivity contribution in [3.63, 3.8) is 0 Å². The molecule has 1 aromatic rings. The number of aliphatic hydroxyl groups is 1. The SMILES string of the molecule is NCC(O)C(N)c1cc(F)ccc1F. The van der Waals surface area contributed by atoms with Gasteiger partial charge in [0.2, 0.25) is 0 Å². The van der Waals surface area contributed by atoms with E-state index in [1.807, 2.05) is 0 Å². The maximum absolute atomic E-state index is 13.1. The van der Waals surface area contributed by atoms with Crippen molar-refractivity contribution < 1.29 is 13.9 Å². The third kappa shape index (κ3) is 2.25. The van der Waals surface area contributed by atoms with Crippen molar-refractivity contribution in [2.45, 2.75) is 12.1 Å². The van der Waals surface area contributed by atoms with Crippen LogP contribution in [0.5, 0.6) is 0 Å². The lowest BCUT2D eigenvalue weighted by molar-refractivity contribution is 0.151. The highest BCUT2D eigenvalue weighted by Crippen LogP contribution is 2.18. The van der Waals surface area contributed by atoms with Crippen LogP contribution in [0.4, 0.5) is 8.78 Å². The topological polar surface area (TPSA) is 72.3 Å². The van der Waals surface area contributed by atoms with Gasteiger partial charge in [0.05, 0.1) is 12.1 Å². The predicted molar refractivity (Wildman–Crippen MR) is 48.3 cm³/mol. The standard InChI is InChI=1S/C9H12F2N2O/c10-5-1-2-7(11)6(3-5)9(13)8(14)4-12/h1-3,8-9,14H,4,12-13H2. The van der Waals surface area contributed by atoms with Gasteiger partial charge in [0.25, 0.3) is 0 Å². The maximum atomic E-state index is 13.1. The van der Waals surface area contributed by atoms with E-state index in [0.717, 1.165) is 18.2 Å². The minimum atomic E-state index is -1.08. The van der Waals surface area contributed by atoms with Crippen LogP contribution in [0, 0.1) is 11.6 Å². The Balaban J connectivity index is 2.99. The first-order valence-electron chi connectivity index (χ1n) is 4.15. The van der Waals surface area contributed by atoms with E-state index in [1.54, 1.807) is 0 Å². The minimum absolute atomic E-state index is 0.0667. The van der Waals surface area contributed by atoms with E-state index in [1.165, 1.54) is 0 Å². The van der Waals surface area contributed by atoms with Crippen molar-refractivity contribution in [3.05, 3.63) is 35.4 Å². The summed E-state index contributed by atoms with van der Waals surface area (Å²) in [4.78, 5) is 0. The number of hydrogen-bond donors (Lipinski definition) is 3. The normalized spacial score (nSPS) is 15.2. The fraction of sp³-hybridized carbons (Fsp3) is 0.333. The molecule has 14 heavy (non-hydrogen) atoms. The first kappa shape index (κ1) is 11.0. The van der Waals surface area contributed by atoms with Crippen LogP contribution in [-0.2, 0) is 0 Å². The number of aliphatic hydroxyl groups excluding tert-OH is 1. The van der Waals surface area contributed by atoms with Crippen LogP contribution in [0.3, 0.4) is 0 Å². The zero-order valence-corrected chi connectivity index (χ0v) is 7.45. The highest BCUT2D eigenvalue weighted by molar-refractivity contribution is 5.23. The summed E-state index contributed by atoms with van der Waals surface area (Å²) in [6.45, 7) is -0.100. The van der Waals surface area contributed by atoms with Crippen LogP contribution >= 0.6 is 0 Å². The van der Waals surface area contributed by atoms with E-state index in [9.17, 15) is 13.9 Å². The van der Waals surface area contributed by atoms with Gasteiger partial charge >= 0.3 is 0 Å². The average Bonchev–Trinajstić information content (AvgIpc) is 2.19. The number of benzene rings is 1. The lowest BCUT2D eigenvalue weighted by Gasteiger charge is -2.17. The summed E-state index contributed by atoms with van der Waals surface area (Å²) in [5.74, 6) is -1.24. The molecule has 0 bridgehead atoms. The zero-order chi connectivity index (χ0) is 10.7. The van der Waals surface area contributed by atoms with Crippen molar-refractivity contribution in [1.29, 1.82) is 0 Å². The molecule has 0 saturated carbocycles. The van der Waals surface area contributed by atoms with Crippen LogP contribution in [0.1, 0.15) is 11.6 Å². The molecule has 5 N–H and O–H groups in total. The highest BCUT2D eigenvalue weighted by atomic mass is 19.1. The molecule has 0 heterocycles. The zero-order valence-electron chi connectivity index (χ0n) is 7.45. The summed E-state index contributed by atoms with van der Waals surface area (Å²) in [5.41, 5.74) is 10.6. The number of halogens is 2. The molecule has 78 valence electrons. The molecule has 0 fully saturated rings. The summed E-state index contributed by atoms with van der Waals surface area (Å²) in [7, 11) is 0. The van der Waals surface area contributed by atoms with Gasteiger partial charge in [0.15, 0.2) is 0 Å². The molecule has 1 rings (SSSR count). The van der Waals surface area contributed by atoms with Crippen molar-refractivity contribution in [2.24, 2.45) is 11.5 Å². The van der Waals surface area contributed by atoms with E-state index in [4.69, 9.17) is 11.5 Å². The Labute approximate surface area is 80.3 Å². The molecule has 0 aliphatic rings. The molecule has 1 aromatic carbocycles. The Bertz CT molecular complexity index is 320. The lowest BCUT2D eigenvalue weighted by Crippen LogP contribution is -2.33. The van der Waals surface area contributed by atoms with E-state index < -0.39 is 23.8 Å². The van der Waals surface area contributed by atoms with Crippen LogP contribution in [0.2, 0.25) is 0 Å². The van der Waals surface area contributed by atoms with Gasteiger partial charge in [-0.1, -0.05) is 0 Å². The molecule has 0 saturated heterocycles. The smallest absolute Gasteiger partial charge is 0.128 e. The first-order valence-corrected chi connectivity index (χ1v) is 4.15. The molecule has 3 nitrogen and oxygen atoms in total. The number of hydrogen-bond acceptors (Lipinski definition) is 3. The molecule has 0 aliphatic carbocycles. The van der Waals surface area contributed by atoms with E-state index >= 15 is 0 Å². The van der Waals surface area contributed by atoms with Gasteiger partial charge in [-0.15, -0.1) is 0 Å². The Kier molecular flexibility index (Phi) is 3.51. The second-order valence-electron chi connectivity index (χ2n) is 2.99. The van der Waals surface area contributed by atoms with E-state index in [-0.39, 0.29) is 12.1 Å². The summed E-state index contributed by atoms with van der Waals surface area (Å²) in [5, 5.41) is 9.26. The molecule has 0 spiro atoms. The van der Waals surface area contributed by atoms with Gasteiger partial charge in [-0.3, -0.25) is 0 Å². The fourth-order valence-electron chi connectivity index (χ4n) is 1.12. The molecule has 2 unspecified atom stereocenters. The Morgan fingerprint density at radius 3 is 2.57 bits per heavy atom. The number of nitrogens with two attached hydrogens (primary N) is 2. The van der Waals surface area contributed by atoms with Crippen LogP contribution in [0.25, 0.3) is 0 Å².